The zero-order valence-corrected chi connectivity index (χ0v) is 22.8. The molecule has 9 nitrogen and oxygen atoms in total. The molecule has 3 aromatic rings. The van der Waals surface area contributed by atoms with E-state index in [2.05, 4.69) is 10.6 Å². The first-order valence-corrected chi connectivity index (χ1v) is 14.1. The predicted octanol–water partition coefficient (Wildman–Crippen LogP) is 3.92. The molecule has 2 heterocycles. The Morgan fingerprint density at radius 2 is 1.80 bits per heavy atom. The fourth-order valence-corrected chi connectivity index (χ4v) is 5.29. The lowest BCUT2D eigenvalue weighted by Crippen LogP contribution is -2.44. The summed E-state index contributed by atoms with van der Waals surface area (Å²) in [5.41, 5.74) is -0.00391. The topological polar surface area (TPSA) is 114 Å². The van der Waals surface area contributed by atoms with Crippen molar-refractivity contribution in [3.05, 3.63) is 71.4 Å². The Hall–Kier alpha value is -3.90. The number of aromatic nitrogens is 2. The third-order valence-electron chi connectivity index (χ3n) is 7.01. The van der Waals surface area contributed by atoms with E-state index in [0.717, 1.165) is 36.4 Å². The third-order valence-corrected chi connectivity index (χ3v) is 7.68. The number of nitrogens with one attached hydrogen (secondary N) is 2. The Kier molecular flexibility index (Phi) is 7.81. The van der Waals surface area contributed by atoms with E-state index < -0.39 is 27.3 Å². The van der Waals surface area contributed by atoms with Gasteiger partial charge in [0.1, 0.15) is 17.5 Å². The Balaban J connectivity index is 1.60. The Bertz CT molecular complexity index is 1540. The number of amides is 2. The first kappa shape index (κ1) is 27.7. The van der Waals surface area contributed by atoms with Gasteiger partial charge < -0.3 is 20.3 Å². The molecule has 0 radical (unpaired) electrons. The summed E-state index contributed by atoms with van der Waals surface area (Å²) in [7, 11) is -2.69. The number of rotatable bonds is 7. The smallest absolute Gasteiger partial charge is 0.319 e. The van der Waals surface area contributed by atoms with Gasteiger partial charge in [0.05, 0.1) is 35.7 Å². The molecule has 2 N–H and O–H groups in total. The summed E-state index contributed by atoms with van der Waals surface area (Å²) in [5, 5.41) is 6.63. The number of nitrogens with zero attached hydrogens (tertiary/aromatic N) is 3. The Morgan fingerprint density at radius 1 is 1.10 bits per heavy atom. The monoisotopic (exact) mass is 569 g/mol. The van der Waals surface area contributed by atoms with E-state index in [-0.39, 0.29) is 35.2 Å². The highest BCUT2D eigenvalue weighted by Crippen LogP contribution is 2.34. The van der Waals surface area contributed by atoms with E-state index in [1.54, 1.807) is 37.3 Å². The van der Waals surface area contributed by atoms with Gasteiger partial charge in [-0.25, -0.2) is 23.5 Å². The maximum Gasteiger partial charge on any atom is 0.319 e. The molecule has 1 aliphatic heterocycles. The second-order valence-electron chi connectivity index (χ2n) is 10.2. The molecule has 1 saturated carbocycles. The molecular formula is C28H29F2N5O4S. The van der Waals surface area contributed by atoms with Gasteiger partial charge in [0.2, 0.25) is 10.3 Å². The van der Waals surface area contributed by atoms with Crippen molar-refractivity contribution in [3.8, 4) is 11.4 Å². The van der Waals surface area contributed by atoms with Crippen molar-refractivity contribution < 1.29 is 26.7 Å². The normalized spacial score (nSPS) is 18.5. The lowest BCUT2D eigenvalue weighted by Gasteiger charge is -2.35. The number of carbonyl (C=O) groups excluding carboxylic acids is 1. The van der Waals surface area contributed by atoms with Crippen LogP contribution in [0.1, 0.15) is 37.9 Å². The van der Waals surface area contributed by atoms with Crippen LogP contribution in [-0.2, 0) is 20.4 Å². The minimum absolute atomic E-state index is 0.0311. The summed E-state index contributed by atoms with van der Waals surface area (Å²) in [6.45, 7) is 5.01. The van der Waals surface area contributed by atoms with Crippen LogP contribution >= 0.6 is 0 Å². The van der Waals surface area contributed by atoms with Crippen LogP contribution < -0.4 is 15.5 Å². The summed E-state index contributed by atoms with van der Waals surface area (Å²) >= 11 is 0. The van der Waals surface area contributed by atoms with Crippen LogP contribution in [-0.4, -0.2) is 61.6 Å². The molecule has 1 aliphatic carbocycles. The molecule has 2 aromatic carbocycles. The minimum Gasteiger partial charge on any atom is -0.377 e. The number of halogens is 2. The van der Waals surface area contributed by atoms with Crippen LogP contribution in [0.25, 0.3) is 11.4 Å². The molecule has 40 heavy (non-hydrogen) atoms. The van der Waals surface area contributed by atoms with Crippen molar-refractivity contribution in [2.24, 2.45) is 0 Å². The molecule has 0 spiro atoms. The van der Waals surface area contributed by atoms with Crippen molar-refractivity contribution in [2.75, 3.05) is 30.0 Å². The van der Waals surface area contributed by atoms with Crippen LogP contribution in [0.2, 0.25) is 0 Å². The molecule has 2 atom stereocenters. The van der Waals surface area contributed by atoms with E-state index in [1.807, 2.05) is 11.8 Å². The van der Waals surface area contributed by atoms with Gasteiger partial charge in [-0.2, -0.15) is 8.42 Å². The van der Waals surface area contributed by atoms with Crippen molar-refractivity contribution in [2.45, 2.75) is 44.2 Å². The maximum atomic E-state index is 14.3. The van der Waals surface area contributed by atoms with Gasteiger partial charge in [-0.15, -0.1) is 0 Å². The molecule has 2 aliphatic rings. The zero-order valence-electron chi connectivity index (χ0n) is 22.0. The molecule has 1 unspecified atom stereocenters. The molecule has 2 amide bonds. The molecule has 12 heteroatoms. The Labute approximate surface area is 232 Å². The molecule has 5 rings (SSSR count). The van der Waals surface area contributed by atoms with Crippen molar-refractivity contribution in [1.29, 1.82) is 0 Å². The van der Waals surface area contributed by atoms with Gasteiger partial charge in [0.25, 0.3) is 0 Å². The molecular weight excluding hydrogens is 540 g/mol. The Morgan fingerprint density at radius 3 is 2.42 bits per heavy atom. The number of urea groups is 1. The van der Waals surface area contributed by atoms with Gasteiger partial charge >= 0.3 is 6.03 Å². The first-order chi connectivity index (χ1) is 19.1. The number of anilines is 2. The summed E-state index contributed by atoms with van der Waals surface area (Å²) in [4.78, 5) is 23.6. The van der Waals surface area contributed by atoms with E-state index in [1.165, 1.54) is 0 Å². The lowest BCUT2D eigenvalue weighted by atomic mass is 9.81. The van der Waals surface area contributed by atoms with E-state index in [4.69, 9.17) is 14.7 Å². The summed E-state index contributed by atoms with van der Waals surface area (Å²) in [5.74, 6) is -0.865. The first-order valence-electron chi connectivity index (χ1n) is 12.9. The van der Waals surface area contributed by atoms with E-state index >= 15 is 0 Å². The minimum atomic E-state index is -2.69. The van der Waals surface area contributed by atoms with Gasteiger partial charge in [-0.1, -0.05) is 0 Å². The second-order valence-corrected chi connectivity index (χ2v) is 11.0. The fourth-order valence-electron chi connectivity index (χ4n) is 4.65. The van der Waals surface area contributed by atoms with E-state index in [9.17, 15) is 22.0 Å². The highest BCUT2D eigenvalue weighted by Gasteiger charge is 2.33. The highest BCUT2D eigenvalue weighted by atomic mass is 32.2. The standard InChI is InChI=1S/C28H29F2N5O4S/c1-17-15-39-10-9-35(17)25-14-24(28(2,16-40(37)38)19-11-20(29)13-21(30)12-19)33-26(34-25)18-3-5-22(6-4-18)31-27(36)32-23-7-8-23/h3-6,11-14,16-17,23H,7-10,15H2,1-2H3,(H2,31,32,36)/t17-,28?/m0/s1. The van der Waals surface area contributed by atoms with Crippen molar-refractivity contribution in [3.63, 3.8) is 0 Å². The number of hydrogen-bond donors (Lipinski definition) is 2. The van der Waals surface area contributed by atoms with Crippen LogP contribution in [0.3, 0.4) is 0 Å². The van der Waals surface area contributed by atoms with Gasteiger partial charge in [-0.05, 0) is 68.7 Å². The lowest BCUT2D eigenvalue weighted by molar-refractivity contribution is 0.0985. The van der Waals surface area contributed by atoms with Crippen LogP contribution in [0, 0.1) is 11.6 Å². The molecule has 210 valence electrons. The number of morpholine rings is 1. The number of ether oxygens (including phenoxy) is 1. The quantitative estimate of drug-likeness (QED) is 0.415. The van der Waals surface area contributed by atoms with Crippen LogP contribution in [0.15, 0.2) is 48.5 Å². The summed E-state index contributed by atoms with van der Waals surface area (Å²) in [6.07, 6.45) is 1.95. The average Bonchev–Trinajstić information content (AvgIpc) is 3.72. The zero-order chi connectivity index (χ0) is 28.4. The van der Waals surface area contributed by atoms with Gasteiger partial charge in [0.15, 0.2) is 5.82 Å². The SMILES string of the molecule is C[C@H]1COCCN1c1cc(C(C)(C=S(=O)=O)c2cc(F)cc(F)c2)nc(-c2ccc(NC(=O)NC3CC3)cc2)n1. The second kappa shape index (κ2) is 11.3. The molecule has 1 saturated heterocycles. The van der Waals surface area contributed by atoms with Crippen LogP contribution in [0.5, 0.6) is 0 Å². The largest absolute Gasteiger partial charge is 0.377 e. The van der Waals surface area contributed by atoms with Crippen molar-refractivity contribution in [1.82, 2.24) is 15.3 Å². The van der Waals surface area contributed by atoms with Crippen LogP contribution in [0.4, 0.5) is 25.1 Å². The number of hydrogen-bond acceptors (Lipinski definition) is 7. The number of carbonyl (C=O) groups is 1. The third kappa shape index (κ3) is 6.28. The maximum absolute atomic E-state index is 14.3. The van der Waals surface area contributed by atoms with Crippen molar-refractivity contribution >= 4 is 33.2 Å². The highest BCUT2D eigenvalue weighted by molar-refractivity contribution is 7.71. The van der Waals surface area contributed by atoms with Gasteiger partial charge in [0, 0.05) is 36.0 Å². The molecule has 2 fully saturated rings. The summed E-state index contributed by atoms with van der Waals surface area (Å²) < 4.78 is 58.1. The average molecular weight is 570 g/mol. The van der Waals surface area contributed by atoms with Gasteiger partial charge in [-0.3, -0.25) is 0 Å². The van der Waals surface area contributed by atoms with E-state index in [0.29, 0.717) is 36.8 Å². The molecule has 1 aromatic heterocycles. The predicted molar refractivity (Wildman–Crippen MR) is 148 cm³/mol. The molecule has 0 bridgehead atoms. The number of benzene rings is 2. The summed E-state index contributed by atoms with van der Waals surface area (Å²) in [6, 6.07) is 11.4. The fraction of sp³-hybridized carbons (Fsp3) is 0.357.